The van der Waals surface area contributed by atoms with Crippen molar-refractivity contribution in [3.63, 3.8) is 0 Å². The van der Waals surface area contributed by atoms with E-state index in [0.717, 1.165) is 42.8 Å². The molecule has 0 N–H and O–H groups in total. The van der Waals surface area contributed by atoms with Gasteiger partial charge in [0.25, 0.3) is 5.89 Å². The summed E-state index contributed by atoms with van der Waals surface area (Å²) in [5, 5.41) is 4.16. The van der Waals surface area contributed by atoms with Crippen LogP contribution < -0.4 is 0 Å². The average Bonchev–Trinajstić information content (AvgIpc) is 2.98. The number of aromatic nitrogens is 4. The van der Waals surface area contributed by atoms with Crippen molar-refractivity contribution >= 4 is 0 Å². The third-order valence-corrected chi connectivity index (χ3v) is 4.22. The molecule has 1 aliphatic carbocycles. The maximum absolute atomic E-state index is 5.75. The van der Waals surface area contributed by atoms with Crippen LogP contribution in [0.15, 0.2) is 10.7 Å². The maximum atomic E-state index is 5.75. The molecule has 0 atom stereocenters. The second kappa shape index (κ2) is 5.52. The lowest BCUT2D eigenvalue weighted by atomic mass is 9.84. The summed E-state index contributed by atoms with van der Waals surface area (Å²) < 4.78 is 11.2. The van der Waals surface area contributed by atoms with Gasteiger partial charge in [-0.15, -0.1) is 0 Å². The molecule has 21 heavy (non-hydrogen) atoms. The highest BCUT2D eigenvalue weighted by Gasteiger charge is 2.38. The van der Waals surface area contributed by atoms with E-state index < -0.39 is 5.60 Å². The fourth-order valence-electron chi connectivity index (χ4n) is 2.95. The summed E-state index contributed by atoms with van der Waals surface area (Å²) in [7, 11) is 1.72. The molecule has 0 radical (unpaired) electrons. The van der Waals surface area contributed by atoms with Gasteiger partial charge >= 0.3 is 0 Å². The predicted octanol–water partition coefficient (Wildman–Crippen LogP) is 2.95. The maximum Gasteiger partial charge on any atom is 0.261 e. The van der Waals surface area contributed by atoms with Gasteiger partial charge in [-0.2, -0.15) is 4.98 Å². The molecular weight excluding hydrogens is 268 g/mol. The van der Waals surface area contributed by atoms with Crippen LogP contribution in [0.2, 0.25) is 0 Å². The summed E-state index contributed by atoms with van der Waals surface area (Å²) >= 11 is 0. The van der Waals surface area contributed by atoms with E-state index in [1.165, 1.54) is 6.42 Å². The molecule has 1 saturated carbocycles. The van der Waals surface area contributed by atoms with Gasteiger partial charge in [0.1, 0.15) is 11.4 Å². The van der Waals surface area contributed by atoms with Crippen molar-refractivity contribution in [1.82, 2.24) is 20.1 Å². The summed E-state index contributed by atoms with van der Waals surface area (Å²) in [6.07, 6.45) is 7.10. The molecule has 6 nitrogen and oxygen atoms in total. The van der Waals surface area contributed by atoms with E-state index in [9.17, 15) is 0 Å². The van der Waals surface area contributed by atoms with Crippen molar-refractivity contribution < 1.29 is 9.26 Å². The van der Waals surface area contributed by atoms with Crippen molar-refractivity contribution in [1.29, 1.82) is 0 Å². The predicted molar refractivity (Wildman–Crippen MR) is 76.6 cm³/mol. The monoisotopic (exact) mass is 288 g/mol. The largest absolute Gasteiger partial charge is 0.370 e. The van der Waals surface area contributed by atoms with Crippen LogP contribution in [0.4, 0.5) is 0 Å². The smallest absolute Gasteiger partial charge is 0.261 e. The molecule has 0 bridgehead atoms. The molecule has 112 valence electrons. The molecule has 2 heterocycles. The van der Waals surface area contributed by atoms with Gasteiger partial charge in [-0.1, -0.05) is 24.4 Å². The summed E-state index contributed by atoms with van der Waals surface area (Å²) in [6.45, 7) is 3.78. The summed E-state index contributed by atoms with van der Waals surface area (Å²) in [5.41, 5.74) is 1.22. The first-order chi connectivity index (χ1) is 10.1. The first-order valence-electron chi connectivity index (χ1n) is 7.34. The first-order valence-corrected chi connectivity index (χ1v) is 7.34. The average molecular weight is 288 g/mol. The minimum absolute atomic E-state index is 0.403. The molecule has 0 amide bonds. The second-order valence-electron chi connectivity index (χ2n) is 5.60. The number of ether oxygens (including phenoxy) is 1. The van der Waals surface area contributed by atoms with Crippen LogP contribution in [0.5, 0.6) is 0 Å². The van der Waals surface area contributed by atoms with Crippen LogP contribution >= 0.6 is 0 Å². The number of aryl methyl sites for hydroxylation is 2. The molecular formula is C15H20N4O2. The van der Waals surface area contributed by atoms with Crippen molar-refractivity contribution in [3.8, 4) is 11.5 Å². The SMILES string of the molecule is COC1(c2noc(-c3cnc(C)nc3C)n2)CCCCC1. The Morgan fingerprint density at radius 3 is 2.57 bits per heavy atom. The molecule has 0 aliphatic heterocycles. The fraction of sp³-hybridized carbons (Fsp3) is 0.600. The van der Waals surface area contributed by atoms with Crippen molar-refractivity contribution in [2.45, 2.75) is 51.6 Å². The van der Waals surface area contributed by atoms with Crippen molar-refractivity contribution in [2.24, 2.45) is 0 Å². The minimum atomic E-state index is -0.403. The van der Waals surface area contributed by atoms with Crippen LogP contribution in [0.25, 0.3) is 11.5 Å². The summed E-state index contributed by atoms with van der Waals surface area (Å²) in [4.78, 5) is 13.1. The van der Waals surface area contributed by atoms with Crippen LogP contribution in [-0.4, -0.2) is 27.2 Å². The van der Waals surface area contributed by atoms with E-state index in [1.54, 1.807) is 13.3 Å². The second-order valence-corrected chi connectivity index (χ2v) is 5.60. The Kier molecular flexibility index (Phi) is 3.71. The molecule has 1 fully saturated rings. The van der Waals surface area contributed by atoms with E-state index in [0.29, 0.717) is 11.7 Å². The van der Waals surface area contributed by atoms with E-state index in [4.69, 9.17) is 9.26 Å². The Balaban J connectivity index is 1.95. The van der Waals surface area contributed by atoms with E-state index in [1.807, 2.05) is 13.8 Å². The van der Waals surface area contributed by atoms with Gasteiger partial charge in [-0.3, -0.25) is 0 Å². The van der Waals surface area contributed by atoms with Crippen LogP contribution in [0.3, 0.4) is 0 Å². The van der Waals surface area contributed by atoms with Crippen molar-refractivity contribution in [2.75, 3.05) is 7.11 Å². The number of rotatable bonds is 3. The Morgan fingerprint density at radius 1 is 1.14 bits per heavy atom. The van der Waals surface area contributed by atoms with Gasteiger partial charge in [0, 0.05) is 13.3 Å². The zero-order valence-corrected chi connectivity index (χ0v) is 12.7. The highest BCUT2D eigenvalue weighted by atomic mass is 16.5. The highest BCUT2D eigenvalue weighted by molar-refractivity contribution is 5.54. The molecule has 0 spiro atoms. The van der Waals surface area contributed by atoms with E-state index >= 15 is 0 Å². The number of nitrogens with zero attached hydrogens (tertiary/aromatic N) is 4. The minimum Gasteiger partial charge on any atom is -0.370 e. The molecule has 3 rings (SSSR count). The van der Waals surface area contributed by atoms with Crippen molar-refractivity contribution in [3.05, 3.63) is 23.5 Å². The van der Waals surface area contributed by atoms with Gasteiger partial charge in [0.05, 0.1) is 11.3 Å². The number of hydrogen-bond acceptors (Lipinski definition) is 6. The van der Waals surface area contributed by atoms with Gasteiger partial charge in [0.2, 0.25) is 5.82 Å². The van der Waals surface area contributed by atoms with Gasteiger partial charge in [-0.05, 0) is 26.7 Å². The lowest BCUT2D eigenvalue weighted by molar-refractivity contribution is -0.0527. The third-order valence-electron chi connectivity index (χ3n) is 4.22. The number of methoxy groups -OCH3 is 1. The van der Waals surface area contributed by atoms with Crippen LogP contribution in [0, 0.1) is 13.8 Å². The first kappa shape index (κ1) is 14.1. The van der Waals surface area contributed by atoms with Crippen LogP contribution in [0.1, 0.15) is 49.4 Å². The lowest BCUT2D eigenvalue weighted by Gasteiger charge is -2.32. The molecule has 0 saturated heterocycles. The zero-order chi connectivity index (χ0) is 14.9. The van der Waals surface area contributed by atoms with E-state index in [2.05, 4.69) is 20.1 Å². The third kappa shape index (κ3) is 2.55. The molecule has 2 aromatic heterocycles. The summed E-state index contributed by atoms with van der Waals surface area (Å²) in [5.74, 6) is 1.83. The quantitative estimate of drug-likeness (QED) is 0.864. The molecule has 2 aromatic rings. The molecule has 0 unspecified atom stereocenters. The standard InChI is InChI=1S/C15H20N4O2/c1-10-12(9-16-11(2)17-10)13-18-14(19-21-13)15(20-3)7-5-4-6-8-15/h9H,4-8H2,1-3H3. The molecule has 6 heteroatoms. The van der Waals surface area contributed by atoms with Crippen LogP contribution in [-0.2, 0) is 10.3 Å². The summed E-state index contributed by atoms with van der Waals surface area (Å²) in [6, 6.07) is 0. The Labute approximate surface area is 124 Å². The normalized spacial score (nSPS) is 17.9. The van der Waals surface area contributed by atoms with Gasteiger partial charge < -0.3 is 9.26 Å². The lowest BCUT2D eigenvalue weighted by Crippen LogP contribution is -2.32. The molecule has 1 aliphatic rings. The Hall–Kier alpha value is -1.82. The topological polar surface area (TPSA) is 73.9 Å². The number of hydrogen-bond donors (Lipinski definition) is 0. The Morgan fingerprint density at radius 2 is 1.90 bits per heavy atom. The zero-order valence-electron chi connectivity index (χ0n) is 12.7. The van der Waals surface area contributed by atoms with E-state index in [-0.39, 0.29) is 0 Å². The highest BCUT2D eigenvalue weighted by Crippen LogP contribution is 2.39. The fourth-order valence-corrected chi connectivity index (χ4v) is 2.95. The van der Waals surface area contributed by atoms with Gasteiger partial charge in [-0.25, -0.2) is 9.97 Å². The Bertz CT molecular complexity index is 632. The molecule has 0 aromatic carbocycles. The van der Waals surface area contributed by atoms with Gasteiger partial charge in [0.15, 0.2) is 0 Å².